The fraction of sp³-hybridized carbons (Fsp3) is 0.524. The molecule has 144 valence electrons. The predicted octanol–water partition coefficient (Wildman–Crippen LogP) is 3.34. The SMILES string of the molecule is O=C(Nc1cccc2cccnc12)N1CCCO[C@H](CN2CCCCC2)C1. The first-order valence-electron chi connectivity index (χ1n) is 10.0. The molecule has 0 radical (unpaired) electrons. The highest BCUT2D eigenvalue weighted by Gasteiger charge is 2.25. The van der Waals surface area contributed by atoms with Crippen LogP contribution in [-0.4, -0.2) is 66.2 Å². The number of piperidine rings is 1. The molecular weight excluding hydrogens is 340 g/mol. The highest BCUT2D eigenvalue weighted by atomic mass is 16.5. The van der Waals surface area contributed by atoms with Crippen LogP contribution in [0.4, 0.5) is 10.5 Å². The normalized spacial score (nSPS) is 21.8. The molecule has 3 heterocycles. The van der Waals surface area contributed by atoms with Gasteiger partial charge in [0.1, 0.15) is 0 Å². The number of amides is 2. The average Bonchev–Trinajstić information content (AvgIpc) is 2.95. The maximum atomic E-state index is 12.9. The number of likely N-dealkylation sites (tertiary alicyclic amines) is 1. The Morgan fingerprint density at radius 3 is 2.85 bits per heavy atom. The molecule has 1 atom stereocenters. The summed E-state index contributed by atoms with van der Waals surface area (Å²) < 4.78 is 6.03. The lowest BCUT2D eigenvalue weighted by molar-refractivity contribution is 0.0261. The lowest BCUT2D eigenvalue weighted by Crippen LogP contribution is -2.45. The third-order valence-electron chi connectivity index (χ3n) is 5.42. The number of urea groups is 1. The zero-order valence-corrected chi connectivity index (χ0v) is 15.8. The van der Waals surface area contributed by atoms with E-state index in [-0.39, 0.29) is 12.1 Å². The van der Waals surface area contributed by atoms with Crippen molar-refractivity contribution in [2.75, 3.05) is 44.6 Å². The van der Waals surface area contributed by atoms with Gasteiger partial charge in [0.25, 0.3) is 0 Å². The van der Waals surface area contributed by atoms with E-state index in [0.29, 0.717) is 6.54 Å². The van der Waals surface area contributed by atoms with E-state index >= 15 is 0 Å². The largest absolute Gasteiger partial charge is 0.375 e. The Labute approximate surface area is 160 Å². The van der Waals surface area contributed by atoms with Gasteiger partial charge in [0, 0.05) is 37.8 Å². The molecule has 2 aromatic rings. The molecule has 2 saturated heterocycles. The number of rotatable bonds is 3. The number of carbonyl (C=O) groups is 1. The number of nitrogens with zero attached hydrogens (tertiary/aromatic N) is 3. The third-order valence-corrected chi connectivity index (χ3v) is 5.42. The van der Waals surface area contributed by atoms with Crippen LogP contribution >= 0.6 is 0 Å². The Bertz CT molecular complexity index is 770. The molecule has 0 unspecified atom stereocenters. The molecule has 0 saturated carbocycles. The van der Waals surface area contributed by atoms with E-state index in [4.69, 9.17) is 4.74 Å². The molecule has 0 aliphatic carbocycles. The van der Waals surface area contributed by atoms with Gasteiger partial charge in [-0.15, -0.1) is 0 Å². The maximum Gasteiger partial charge on any atom is 0.321 e. The minimum Gasteiger partial charge on any atom is -0.375 e. The molecule has 1 N–H and O–H groups in total. The standard InChI is InChI=1S/C21H28N4O2/c26-21(23-19-9-4-7-17-8-5-10-22-20(17)19)25-13-6-14-27-18(16-25)15-24-11-2-1-3-12-24/h4-5,7-10,18H,1-3,6,11-16H2,(H,23,26)/t18-/m1/s1. The van der Waals surface area contributed by atoms with Crippen LogP contribution in [0, 0.1) is 0 Å². The van der Waals surface area contributed by atoms with Crippen LogP contribution in [0.3, 0.4) is 0 Å². The van der Waals surface area contributed by atoms with Gasteiger partial charge in [-0.25, -0.2) is 4.79 Å². The molecule has 0 bridgehead atoms. The van der Waals surface area contributed by atoms with Crippen molar-refractivity contribution in [3.63, 3.8) is 0 Å². The lowest BCUT2D eigenvalue weighted by Gasteiger charge is -2.31. The Morgan fingerprint density at radius 2 is 1.96 bits per heavy atom. The fourth-order valence-electron chi connectivity index (χ4n) is 4.02. The molecule has 6 nitrogen and oxygen atoms in total. The van der Waals surface area contributed by atoms with E-state index < -0.39 is 0 Å². The molecular formula is C21H28N4O2. The summed E-state index contributed by atoms with van der Waals surface area (Å²) in [7, 11) is 0. The summed E-state index contributed by atoms with van der Waals surface area (Å²) in [6.07, 6.45) is 6.58. The van der Waals surface area contributed by atoms with Gasteiger partial charge < -0.3 is 19.9 Å². The molecule has 2 aliphatic rings. The first-order valence-corrected chi connectivity index (χ1v) is 10.0. The van der Waals surface area contributed by atoms with Crippen LogP contribution in [0.2, 0.25) is 0 Å². The number of nitrogens with one attached hydrogen (secondary N) is 1. The van der Waals surface area contributed by atoms with Crippen molar-refractivity contribution in [1.82, 2.24) is 14.8 Å². The molecule has 2 fully saturated rings. The number of aromatic nitrogens is 1. The molecule has 6 heteroatoms. The van der Waals surface area contributed by atoms with Gasteiger partial charge in [-0.3, -0.25) is 4.98 Å². The van der Waals surface area contributed by atoms with Crippen molar-refractivity contribution in [3.8, 4) is 0 Å². The molecule has 2 amide bonds. The van der Waals surface area contributed by atoms with E-state index in [1.807, 2.05) is 35.2 Å². The lowest BCUT2D eigenvalue weighted by atomic mass is 10.1. The van der Waals surface area contributed by atoms with Gasteiger partial charge in [0.15, 0.2) is 0 Å². The molecule has 2 aliphatic heterocycles. The number of anilines is 1. The maximum absolute atomic E-state index is 12.9. The fourth-order valence-corrected chi connectivity index (χ4v) is 4.02. The number of hydrogen-bond donors (Lipinski definition) is 1. The number of hydrogen-bond acceptors (Lipinski definition) is 4. The van der Waals surface area contributed by atoms with Crippen molar-refractivity contribution in [2.45, 2.75) is 31.8 Å². The summed E-state index contributed by atoms with van der Waals surface area (Å²) in [5.41, 5.74) is 1.58. The summed E-state index contributed by atoms with van der Waals surface area (Å²) in [6.45, 7) is 5.29. The number of para-hydroxylation sites is 1. The number of pyridine rings is 1. The Kier molecular flexibility index (Phi) is 5.84. The number of fused-ring (bicyclic) bond motifs is 1. The Balaban J connectivity index is 1.42. The monoisotopic (exact) mass is 368 g/mol. The van der Waals surface area contributed by atoms with Gasteiger partial charge >= 0.3 is 6.03 Å². The topological polar surface area (TPSA) is 57.7 Å². The van der Waals surface area contributed by atoms with Crippen molar-refractivity contribution >= 4 is 22.6 Å². The summed E-state index contributed by atoms with van der Waals surface area (Å²) in [6, 6.07) is 9.71. The second-order valence-corrected chi connectivity index (χ2v) is 7.46. The van der Waals surface area contributed by atoms with Crippen molar-refractivity contribution in [2.24, 2.45) is 0 Å². The van der Waals surface area contributed by atoms with Crippen molar-refractivity contribution in [3.05, 3.63) is 36.5 Å². The van der Waals surface area contributed by atoms with Gasteiger partial charge in [-0.05, 0) is 44.5 Å². The van der Waals surface area contributed by atoms with Crippen LogP contribution in [0.5, 0.6) is 0 Å². The third kappa shape index (κ3) is 4.57. The smallest absolute Gasteiger partial charge is 0.321 e. The minimum absolute atomic E-state index is 0.0673. The second-order valence-electron chi connectivity index (χ2n) is 7.46. The van der Waals surface area contributed by atoms with Crippen LogP contribution in [0.15, 0.2) is 36.5 Å². The molecule has 1 aromatic heterocycles. The number of benzene rings is 1. The van der Waals surface area contributed by atoms with E-state index in [0.717, 1.165) is 55.8 Å². The zero-order valence-electron chi connectivity index (χ0n) is 15.8. The quantitative estimate of drug-likeness (QED) is 0.903. The van der Waals surface area contributed by atoms with E-state index in [2.05, 4.69) is 15.2 Å². The van der Waals surface area contributed by atoms with Crippen LogP contribution in [-0.2, 0) is 4.74 Å². The minimum atomic E-state index is -0.0673. The first kappa shape index (κ1) is 18.2. The van der Waals surface area contributed by atoms with Crippen LogP contribution in [0.25, 0.3) is 10.9 Å². The first-order chi connectivity index (χ1) is 13.3. The van der Waals surface area contributed by atoms with Gasteiger partial charge in [-0.1, -0.05) is 24.6 Å². The second kappa shape index (κ2) is 8.67. The zero-order chi connectivity index (χ0) is 18.5. The summed E-state index contributed by atoms with van der Waals surface area (Å²) in [5, 5.41) is 4.09. The van der Waals surface area contributed by atoms with Gasteiger partial charge in [-0.2, -0.15) is 0 Å². The number of carbonyl (C=O) groups excluding carboxylic acids is 1. The van der Waals surface area contributed by atoms with E-state index in [1.165, 1.54) is 19.3 Å². The van der Waals surface area contributed by atoms with Crippen LogP contribution in [0.1, 0.15) is 25.7 Å². The number of ether oxygens (including phenoxy) is 1. The highest BCUT2D eigenvalue weighted by Crippen LogP contribution is 2.21. The van der Waals surface area contributed by atoms with Gasteiger partial charge in [0.05, 0.1) is 17.3 Å². The molecule has 0 spiro atoms. The predicted molar refractivity (Wildman–Crippen MR) is 107 cm³/mol. The summed E-state index contributed by atoms with van der Waals surface area (Å²) >= 11 is 0. The molecule has 27 heavy (non-hydrogen) atoms. The summed E-state index contributed by atoms with van der Waals surface area (Å²) in [4.78, 5) is 21.7. The Hall–Kier alpha value is -2.18. The van der Waals surface area contributed by atoms with Crippen LogP contribution < -0.4 is 5.32 Å². The van der Waals surface area contributed by atoms with E-state index in [1.54, 1.807) is 6.20 Å². The van der Waals surface area contributed by atoms with E-state index in [9.17, 15) is 4.79 Å². The van der Waals surface area contributed by atoms with Crippen molar-refractivity contribution < 1.29 is 9.53 Å². The molecule has 4 rings (SSSR count). The highest BCUT2D eigenvalue weighted by molar-refractivity contribution is 5.99. The van der Waals surface area contributed by atoms with Crippen molar-refractivity contribution in [1.29, 1.82) is 0 Å². The molecule has 1 aromatic carbocycles. The van der Waals surface area contributed by atoms with Gasteiger partial charge in [0.2, 0.25) is 0 Å². The summed E-state index contributed by atoms with van der Waals surface area (Å²) in [5.74, 6) is 0. The average molecular weight is 368 g/mol. The Morgan fingerprint density at radius 1 is 1.11 bits per heavy atom.